The highest BCUT2D eigenvalue weighted by molar-refractivity contribution is 7.17. The van der Waals surface area contributed by atoms with E-state index in [4.69, 9.17) is 14.2 Å². The van der Waals surface area contributed by atoms with Gasteiger partial charge in [-0.25, -0.2) is 9.97 Å². The van der Waals surface area contributed by atoms with Gasteiger partial charge < -0.3 is 24.4 Å². The van der Waals surface area contributed by atoms with E-state index in [2.05, 4.69) is 20.2 Å². The van der Waals surface area contributed by atoms with Gasteiger partial charge >= 0.3 is 0 Å². The van der Waals surface area contributed by atoms with Crippen molar-refractivity contribution in [2.75, 3.05) is 43.6 Å². The number of pyridine rings is 1. The summed E-state index contributed by atoms with van der Waals surface area (Å²) in [5.41, 5.74) is 0.425. The number of aryl methyl sites for hydroxylation is 1. The van der Waals surface area contributed by atoms with Gasteiger partial charge in [-0.3, -0.25) is 4.79 Å². The lowest BCUT2D eigenvalue weighted by Gasteiger charge is -2.67. The molecule has 0 spiro atoms. The van der Waals surface area contributed by atoms with Crippen LogP contribution in [0.1, 0.15) is 25.0 Å². The Kier molecular flexibility index (Phi) is 4.49. The van der Waals surface area contributed by atoms with Crippen LogP contribution in [0.2, 0.25) is 0 Å². The molecule has 9 heteroatoms. The van der Waals surface area contributed by atoms with Crippen LogP contribution in [-0.2, 0) is 14.3 Å². The van der Waals surface area contributed by atoms with E-state index in [1.165, 1.54) is 11.3 Å². The Morgan fingerprint density at radius 2 is 2.03 bits per heavy atom. The summed E-state index contributed by atoms with van der Waals surface area (Å²) in [5.74, 6) is 1.60. The molecule has 1 aliphatic heterocycles. The zero-order valence-electron chi connectivity index (χ0n) is 16.6. The first kappa shape index (κ1) is 18.8. The lowest BCUT2D eigenvalue weighted by molar-refractivity contribution is -0.260. The van der Waals surface area contributed by atoms with Gasteiger partial charge in [-0.05, 0) is 38.3 Å². The molecule has 6 rings (SSSR count). The van der Waals surface area contributed by atoms with Gasteiger partial charge in [-0.1, -0.05) is 11.3 Å². The third-order valence-corrected chi connectivity index (χ3v) is 7.09. The van der Waals surface area contributed by atoms with Crippen LogP contribution in [0.4, 0.5) is 10.9 Å². The molecule has 8 nitrogen and oxygen atoms in total. The molecule has 2 aromatic heterocycles. The van der Waals surface area contributed by atoms with E-state index in [0.29, 0.717) is 15.9 Å². The highest BCUT2D eigenvalue weighted by Gasteiger charge is 2.72. The highest BCUT2D eigenvalue weighted by Crippen LogP contribution is 2.69. The van der Waals surface area contributed by atoms with E-state index in [-0.39, 0.29) is 16.9 Å². The van der Waals surface area contributed by atoms with E-state index in [0.717, 1.165) is 57.1 Å². The van der Waals surface area contributed by atoms with E-state index in [9.17, 15) is 4.79 Å². The molecule has 154 valence electrons. The van der Waals surface area contributed by atoms with Crippen molar-refractivity contribution in [1.29, 1.82) is 0 Å². The summed E-state index contributed by atoms with van der Waals surface area (Å²) in [7, 11) is 1.72. The number of carbonyl (C=O) groups is 1. The number of carbonyl (C=O) groups excluding carboxylic acids is 1. The van der Waals surface area contributed by atoms with Crippen LogP contribution < -0.4 is 15.0 Å². The molecular weight excluding hydrogens is 392 g/mol. The van der Waals surface area contributed by atoms with Gasteiger partial charge in [-0.15, -0.1) is 0 Å². The minimum Gasteiger partial charge on any atom is -0.443 e. The fourth-order valence-corrected chi connectivity index (χ4v) is 5.26. The second-order valence-electron chi connectivity index (χ2n) is 8.10. The van der Waals surface area contributed by atoms with E-state index >= 15 is 0 Å². The number of aromatic nitrogens is 2. The number of hydrogen-bond acceptors (Lipinski definition) is 8. The summed E-state index contributed by atoms with van der Waals surface area (Å²) < 4.78 is 16.8. The number of anilines is 2. The van der Waals surface area contributed by atoms with Crippen LogP contribution in [-0.4, -0.2) is 54.9 Å². The normalized spacial score (nSPS) is 27.7. The number of morpholine rings is 1. The minimum atomic E-state index is -0.268. The summed E-state index contributed by atoms with van der Waals surface area (Å²) >= 11 is 1.34. The molecule has 0 radical (unpaired) electrons. The molecule has 2 aromatic rings. The third-order valence-electron chi connectivity index (χ3n) is 6.14. The summed E-state index contributed by atoms with van der Waals surface area (Å²) in [6.07, 6.45) is 4.12. The number of nitrogens with one attached hydrogen (secondary N) is 1. The zero-order valence-corrected chi connectivity index (χ0v) is 17.4. The molecule has 3 aliphatic carbocycles. The summed E-state index contributed by atoms with van der Waals surface area (Å²) in [6.45, 7) is 5.01. The molecule has 1 amide bonds. The van der Waals surface area contributed by atoms with Gasteiger partial charge in [0.05, 0.1) is 36.1 Å². The second-order valence-corrected chi connectivity index (χ2v) is 9.06. The number of rotatable bonds is 6. The maximum Gasteiger partial charge on any atom is 0.232 e. The van der Waals surface area contributed by atoms with Gasteiger partial charge in [0.15, 0.2) is 5.13 Å². The van der Waals surface area contributed by atoms with Crippen molar-refractivity contribution in [3.05, 3.63) is 24.0 Å². The molecule has 4 aliphatic rings. The zero-order chi connectivity index (χ0) is 20.1. The van der Waals surface area contributed by atoms with Crippen molar-refractivity contribution in [2.45, 2.75) is 31.8 Å². The van der Waals surface area contributed by atoms with E-state index < -0.39 is 0 Å². The quantitative estimate of drug-likeness (QED) is 0.775. The van der Waals surface area contributed by atoms with Crippen molar-refractivity contribution in [3.8, 4) is 10.8 Å². The van der Waals surface area contributed by atoms with Crippen LogP contribution in [0.15, 0.2) is 18.3 Å². The lowest BCUT2D eigenvalue weighted by atomic mass is 9.41. The average molecular weight is 417 g/mol. The Morgan fingerprint density at radius 3 is 2.69 bits per heavy atom. The van der Waals surface area contributed by atoms with Crippen LogP contribution in [0.25, 0.3) is 0 Å². The van der Waals surface area contributed by atoms with E-state index in [1.807, 2.05) is 19.1 Å². The Labute approximate surface area is 173 Å². The molecule has 1 N–H and O–H groups in total. The largest absolute Gasteiger partial charge is 0.443 e. The molecule has 0 aromatic carbocycles. The fraction of sp³-hybridized carbons (Fsp3) is 0.550. The molecule has 3 saturated carbocycles. The number of methoxy groups -OCH3 is 1. The SMILES string of the molecule is COC12CC(C(=O)Nc3nc(C)c(Oc4ccc(N5CCOCC5)nc4)s3)(C1)C2. The predicted octanol–water partition coefficient (Wildman–Crippen LogP) is 2.98. The van der Waals surface area contributed by atoms with Gasteiger partial charge in [0, 0.05) is 20.2 Å². The molecular formula is C20H24N4O4S. The fourth-order valence-electron chi connectivity index (χ4n) is 4.43. The van der Waals surface area contributed by atoms with Crippen molar-refractivity contribution in [3.63, 3.8) is 0 Å². The Morgan fingerprint density at radius 1 is 1.28 bits per heavy atom. The van der Waals surface area contributed by atoms with Crippen molar-refractivity contribution in [2.24, 2.45) is 5.41 Å². The van der Waals surface area contributed by atoms with Crippen LogP contribution in [0.5, 0.6) is 10.8 Å². The molecule has 29 heavy (non-hydrogen) atoms. The maximum absolute atomic E-state index is 12.6. The number of thiazole rings is 1. The Hall–Kier alpha value is -2.23. The topological polar surface area (TPSA) is 85.8 Å². The predicted molar refractivity (Wildman–Crippen MR) is 109 cm³/mol. The third kappa shape index (κ3) is 3.27. The van der Waals surface area contributed by atoms with Crippen molar-refractivity contribution < 1.29 is 19.0 Å². The van der Waals surface area contributed by atoms with Crippen molar-refractivity contribution in [1.82, 2.24) is 9.97 Å². The van der Waals surface area contributed by atoms with Crippen LogP contribution in [0, 0.1) is 12.3 Å². The van der Waals surface area contributed by atoms with E-state index in [1.54, 1.807) is 13.3 Å². The number of ether oxygens (including phenoxy) is 3. The Bertz CT molecular complexity index is 903. The monoisotopic (exact) mass is 416 g/mol. The smallest absolute Gasteiger partial charge is 0.232 e. The second kappa shape index (κ2) is 6.93. The van der Waals surface area contributed by atoms with Gasteiger partial charge in [0.1, 0.15) is 11.6 Å². The molecule has 1 saturated heterocycles. The summed E-state index contributed by atoms with van der Waals surface area (Å²) in [4.78, 5) is 23.8. The summed E-state index contributed by atoms with van der Waals surface area (Å²) in [6, 6.07) is 3.86. The molecule has 4 fully saturated rings. The van der Waals surface area contributed by atoms with Gasteiger partial charge in [0.2, 0.25) is 11.0 Å². The molecule has 0 unspecified atom stereocenters. The van der Waals surface area contributed by atoms with Gasteiger partial charge in [0.25, 0.3) is 0 Å². The van der Waals surface area contributed by atoms with Crippen LogP contribution >= 0.6 is 11.3 Å². The lowest BCUT2D eigenvalue weighted by Crippen LogP contribution is -2.72. The minimum absolute atomic E-state index is 0.0354. The molecule has 3 heterocycles. The standard InChI is InChI=1S/C20H24N4O4S/c1-13-16(28-14-3-4-15(21-9-14)24-5-7-27-8-6-24)29-18(22-13)23-17(25)19-10-20(11-19,12-19)26-2/h3-4,9H,5-8,10-12H2,1-2H3,(H,22,23,25). The number of amides is 1. The summed E-state index contributed by atoms with van der Waals surface area (Å²) in [5, 5.41) is 4.19. The Balaban J connectivity index is 1.21. The van der Waals surface area contributed by atoms with Crippen LogP contribution in [0.3, 0.4) is 0 Å². The molecule has 2 bridgehead atoms. The first-order valence-corrected chi connectivity index (χ1v) is 10.6. The average Bonchev–Trinajstić information content (AvgIpc) is 3.00. The van der Waals surface area contributed by atoms with Gasteiger partial charge in [-0.2, -0.15) is 0 Å². The number of nitrogens with zero attached hydrogens (tertiary/aromatic N) is 3. The first-order valence-electron chi connectivity index (χ1n) is 9.82. The molecule has 0 atom stereocenters. The number of hydrogen-bond donors (Lipinski definition) is 1. The first-order chi connectivity index (χ1) is 14.0. The highest BCUT2D eigenvalue weighted by atomic mass is 32.1. The maximum atomic E-state index is 12.6. The van der Waals surface area contributed by atoms with Crippen molar-refractivity contribution >= 4 is 28.2 Å².